The van der Waals surface area contributed by atoms with Gasteiger partial charge < -0.3 is 14.4 Å². The van der Waals surface area contributed by atoms with E-state index in [0.717, 1.165) is 11.0 Å². The highest BCUT2D eigenvalue weighted by Gasteiger charge is 2.57. The van der Waals surface area contributed by atoms with Gasteiger partial charge in [0.25, 0.3) is 0 Å². The van der Waals surface area contributed by atoms with Crippen LogP contribution in [0.4, 0.5) is 30.2 Å². The maximum absolute atomic E-state index is 15.0. The lowest BCUT2D eigenvalue weighted by atomic mass is 10.2. The topological polar surface area (TPSA) is 71.2 Å². The van der Waals surface area contributed by atoms with E-state index in [1.54, 1.807) is 6.07 Å². The first-order valence-electron chi connectivity index (χ1n) is 9.47. The quantitative estimate of drug-likeness (QED) is 0.374. The number of anilines is 3. The summed E-state index contributed by atoms with van der Waals surface area (Å²) in [6.07, 6.45) is 1.08. The Kier molecular flexibility index (Phi) is 5.80. The number of nitrogens with one attached hydrogen (secondary N) is 1. The van der Waals surface area contributed by atoms with Crippen LogP contribution in [0.3, 0.4) is 0 Å². The number of rotatable bonds is 8. The molecule has 0 unspecified atom stereocenters. The minimum absolute atomic E-state index is 0.0556. The Morgan fingerprint density at radius 1 is 1.26 bits per heavy atom. The highest BCUT2D eigenvalue weighted by atomic mass is 127. The zero-order valence-corrected chi connectivity index (χ0v) is 19.7. The predicted molar refractivity (Wildman–Crippen MR) is 119 cm³/mol. The Labute approximate surface area is 191 Å². The fourth-order valence-corrected chi connectivity index (χ4v) is 5.78. The molecule has 0 radical (unpaired) electrons. The van der Waals surface area contributed by atoms with Gasteiger partial charge in [-0.2, -0.15) is 0 Å². The van der Waals surface area contributed by atoms with Gasteiger partial charge in [-0.3, -0.25) is 4.72 Å². The van der Waals surface area contributed by atoms with Gasteiger partial charge in [0, 0.05) is 16.7 Å². The summed E-state index contributed by atoms with van der Waals surface area (Å²) in [5.41, 5.74) is -0.816. The lowest BCUT2D eigenvalue weighted by Crippen LogP contribution is -2.32. The Morgan fingerprint density at radius 3 is 2.48 bits per heavy atom. The summed E-state index contributed by atoms with van der Waals surface area (Å²) in [4.78, 5) is 1.06. The van der Waals surface area contributed by atoms with Crippen molar-refractivity contribution in [2.45, 2.75) is 30.1 Å². The van der Waals surface area contributed by atoms with E-state index >= 15 is 0 Å². The normalized spacial score (nSPS) is 19.1. The summed E-state index contributed by atoms with van der Waals surface area (Å²) in [6, 6.07) is 5.00. The van der Waals surface area contributed by atoms with Crippen molar-refractivity contribution in [1.82, 2.24) is 0 Å². The number of epoxide rings is 1. The third-order valence-corrected chi connectivity index (χ3v) is 8.46. The van der Waals surface area contributed by atoms with Gasteiger partial charge in [0.05, 0.1) is 30.3 Å². The predicted octanol–water partition coefficient (Wildman–Crippen LogP) is 4.55. The van der Waals surface area contributed by atoms with Crippen LogP contribution >= 0.6 is 22.6 Å². The number of benzene rings is 2. The fourth-order valence-electron chi connectivity index (χ4n) is 3.60. The lowest BCUT2D eigenvalue weighted by molar-refractivity contribution is 0.389. The minimum Gasteiger partial charge on any atom is -0.494 e. The Morgan fingerprint density at radius 2 is 1.94 bits per heavy atom. The monoisotopic (exact) mass is 568 g/mol. The van der Waals surface area contributed by atoms with Crippen LogP contribution in [0.1, 0.15) is 19.3 Å². The first-order valence-corrected chi connectivity index (χ1v) is 12.0. The summed E-state index contributed by atoms with van der Waals surface area (Å²) in [5.74, 6) is -3.46. The second kappa shape index (κ2) is 8.00. The van der Waals surface area contributed by atoms with E-state index < -0.39 is 37.9 Å². The maximum Gasteiger partial charge on any atom is 0.238 e. The molecule has 1 heterocycles. The number of sulfonamides is 1. The van der Waals surface area contributed by atoms with Gasteiger partial charge in [-0.15, -0.1) is 0 Å². The molecule has 1 aliphatic carbocycles. The fraction of sp³-hybridized carbons (Fsp3) is 0.400. The van der Waals surface area contributed by atoms with Crippen molar-refractivity contribution >= 4 is 49.7 Å². The molecule has 6 nitrogen and oxygen atoms in total. The van der Waals surface area contributed by atoms with Crippen LogP contribution in [0.5, 0.6) is 5.75 Å². The van der Waals surface area contributed by atoms with Crippen molar-refractivity contribution in [3.63, 3.8) is 0 Å². The van der Waals surface area contributed by atoms with E-state index in [4.69, 9.17) is 9.47 Å². The molecule has 168 valence electrons. The van der Waals surface area contributed by atoms with Crippen LogP contribution in [0, 0.1) is 21.0 Å². The van der Waals surface area contributed by atoms with Gasteiger partial charge >= 0.3 is 0 Å². The summed E-state index contributed by atoms with van der Waals surface area (Å²) in [6.45, 7) is 0.506. The van der Waals surface area contributed by atoms with Crippen LogP contribution in [0.15, 0.2) is 24.3 Å². The van der Waals surface area contributed by atoms with Crippen molar-refractivity contribution in [1.29, 1.82) is 0 Å². The number of nitrogens with zero attached hydrogens (tertiary/aromatic N) is 1. The van der Waals surface area contributed by atoms with Crippen LogP contribution in [0.25, 0.3) is 0 Å². The molecule has 31 heavy (non-hydrogen) atoms. The van der Waals surface area contributed by atoms with Crippen LogP contribution in [-0.2, 0) is 14.8 Å². The van der Waals surface area contributed by atoms with Crippen molar-refractivity contribution in [2.24, 2.45) is 0 Å². The van der Waals surface area contributed by atoms with E-state index in [2.05, 4.69) is 4.72 Å². The van der Waals surface area contributed by atoms with Crippen molar-refractivity contribution in [2.75, 3.05) is 30.4 Å². The standard InChI is InChI=1S/C20H20F3IN2O4S/c1-26(15-4-3-11(24)7-13(15)21)19-17(23)14(22)8-16(29-2)18(19)25-31(27,28)20(5-6-20)9-12-10-30-12/h3-4,7-8,12,25H,5-6,9-10H2,1-2H3/t12-/m1/s1. The number of hydrogen-bond donors (Lipinski definition) is 1. The van der Waals surface area contributed by atoms with E-state index in [0.29, 0.717) is 29.4 Å². The summed E-state index contributed by atoms with van der Waals surface area (Å²) < 4.78 is 82.6. The molecule has 1 N–H and O–H groups in total. The second-order valence-electron chi connectivity index (χ2n) is 7.70. The van der Waals surface area contributed by atoms with E-state index in [1.165, 1.54) is 26.3 Å². The molecular weight excluding hydrogens is 548 g/mol. The van der Waals surface area contributed by atoms with Gasteiger partial charge in [-0.05, 0) is 60.1 Å². The Bertz CT molecular complexity index is 1140. The minimum atomic E-state index is -3.99. The molecule has 2 fully saturated rings. The molecular formula is C20H20F3IN2O4S. The molecule has 1 atom stereocenters. The van der Waals surface area contributed by atoms with Gasteiger partial charge in [0.1, 0.15) is 22.9 Å². The molecule has 1 saturated carbocycles. The zero-order valence-electron chi connectivity index (χ0n) is 16.7. The molecule has 2 aliphatic rings. The third-order valence-electron chi connectivity index (χ3n) is 5.60. The highest BCUT2D eigenvalue weighted by molar-refractivity contribution is 14.1. The highest BCUT2D eigenvalue weighted by Crippen LogP contribution is 2.51. The van der Waals surface area contributed by atoms with Gasteiger partial charge in [-0.25, -0.2) is 21.6 Å². The van der Waals surface area contributed by atoms with Gasteiger partial charge in [0.15, 0.2) is 11.6 Å². The summed E-state index contributed by atoms with van der Waals surface area (Å²) in [5, 5.41) is 0. The van der Waals surface area contributed by atoms with E-state index in [9.17, 15) is 21.6 Å². The Balaban J connectivity index is 1.81. The average molecular weight is 568 g/mol. The molecule has 1 saturated heterocycles. The molecule has 0 amide bonds. The zero-order chi connectivity index (χ0) is 22.6. The molecule has 0 spiro atoms. The van der Waals surface area contributed by atoms with E-state index in [-0.39, 0.29) is 23.2 Å². The molecule has 0 aromatic heterocycles. The summed E-state index contributed by atoms with van der Waals surface area (Å²) >= 11 is 1.92. The van der Waals surface area contributed by atoms with Crippen molar-refractivity contribution in [3.8, 4) is 5.75 Å². The lowest BCUT2D eigenvalue weighted by Gasteiger charge is -2.27. The third kappa shape index (κ3) is 4.19. The largest absolute Gasteiger partial charge is 0.494 e. The van der Waals surface area contributed by atoms with Crippen LogP contribution in [0.2, 0.25) is 0 Å². The van der Waals surface area contributed by atoms with Gasteiger partial charge in [0.2, 0.25) is 10.0 Å². The summed E-state index contributed by atoms with van der Waals surface area (Å²) in [7, 11) is -1.46. The molecule has 2 aromatic rings. The van der Waals surface area contributed by atoms with Crippen molar-refractivity contribution in [3.05, 3.63) is 45.3 Å². The smallest absolute Gasteiger partial charge is 0.238 e. The van der Waals surface area contributed by atoms with Crippen LogP contribution < -0.4 is 14.4 Å². The van der Waals surface area contributed by atoms with Gasteiger partial charge in [-0.1, -0.05) is 0 Å². The average Bonchev–Trinajstić information content (AvgIpc) is 3.62. The molecule has 2 aromatic carbocycles. The number of halogens is 4. The molecule has 4 rings (SSSR count). The molecule has 1 aliphatic heterocycles. The Hall–Kier alpha value is -1.73. The number of methoxy groups -OCH3 is 1. The van der Waals surface area contributed by atoms with Crippen molar-refractivity contribution < 1.29 is 31.1 Å². The molecule has 11 heteroatoms. The molecule has 0 bridgehead atoms. The SMILES string of the molecule is COc1cc(F)c(F)c(N(C)c2ccc(I)cc2F)c1NS(=O)(=O)C1(C[C@@H]2CO2)CC1. The first-order chi connectivity index (χ1) is 14.6. The van der Waals surface area contributed by atoms with E-state index in [1.807, 2.05) is 22.6 Å². The number of hydrogen-bond acceptors (Lipinski definition) is 5. The maximum atomic E-state index is 15.0. The van der Waals surface area contributed by atoms with Crippen LogP contribution in [-0.4, -0.2) is 40.0 Å². The number of ether oxygens (including phenoxy) is 2. The second-order valence-corrected chi connectivity index (χ2v) is 11.0. The first kappa shape index (κ1) is 22.5.